The molecule has 0 aromatic heterocycles. The molecule has 0 nitrogen and oxygen atoms in total. The second-order valence-electron chi connectivity index (χ2n) is 0.402. The summed E-state index contributed by atoms with van der Waals surface area (Å²) < 4.78 is 0.000000000000000222. The van der Waals surface area contributed by atoms with Gasteiger partial charge in [-0.1, -0.05) is 0 Å². The Kier molecular flexibility index (Phi) is 1.61. The molecule has 0 atom stereocenters. The highest BCUT2D eigenvalue weighted by atomic mass is 32.1. The molecular weight excluding hydrogens is 65.7 g/mol. The minimum atomic E-state index is 0.000000000000000222. The third-order valence-electron chi connectivity index (χ3n) is 0. The van der Waals surface area contributed by atoms with E-state index >= 15 is 0 Å². The Morgan fingerprint density at radius 1 is 1.50 bits per heavy atom. The number of hydrogen-bond donors (Lipinski definition) is 0. The minimum Gasteiger partial charge on any atom is -0.114 e. The topological polar surface area (TPSA) is 0 Å². The van der Waals surface area contributed by atoms with Crippen molar-refractivity contribution >= 4 is 32.6 Å². The predicted molar refractivity (Wildman–Crippen MR) is 24.1 cm³/mol. The van der Waals surface area contributed by atoms with E-state index in [1.165, 1.54) is 0 Å². The molecule has 4 radical (unpaired) electrons. The van der Waals surface area contributed by atoms with Crippen molar-refractivity contribution in [1.82, 2.24) is 0 Å². The van der Waals surface area contributed by atoms with Crippen molar-refractivity contribution in [1.29, 1.82) is 0 Å². The second kappa shape index (κ2) is 1.53. The van der Waals surface area contributed by atoms with Crippen LogP contribution in [0, 0.1) is 0 Å². The summed E-state index contributed by atoms with van der Waals surface area (Å²) in [6.07, 6.45) is 0. The van der Waals surface area contributed by atoms with Gasteiger partial charge in [0.25, 0.3) is 0 Å². The quantitative estimate of drug-likeness (QED) is 0.274. The van der Waals surface area contributed by atoms with Gasteiger partial charge >= 0.3 is 0 Å². The summed E-state index contributed by atoms with van der Waals surface area (Å²) in [6.45, 7) is 0. The van der Waals surface area contributed by atoms with Gasteiger partial charge in [0.1, 0.15) is 15.7 Å². The maximum atomic E-state index is 4.62. The van der Waals surface area contributed by atoms with Gasteiger partial charge in [-0.25, -0.2) is 0 Å². The van der Waals surface area contributed by atoms with Crippen LogP contribution in [0.1, 0.15) is 0 Å². The minimum absolute atomic E-state index is 0.000000000000000222. The molecule has 16 valence electrons. The van der Waals surface area contributed by atoms with Crippen LogP contribution in [-0.4, -0.2) is 20.4 Å². The van der Waals surface area contributed by atoms with Crippen molar-refractivity contribution in [3.8, 4) is 0 Å². The molecule has 0 aliphatic rings. The third kappa shape index (κ3) is 68.3. The predicted octanol–water partition coefficient (Wildman–Crippen LogP) is -0.392. The molecule has 0 saturated carbocycles. The fourth-order valence-electron chi connectivity index (χ4n) is 0. The van der Waals surface area contributed by atoms with Gasteiger partial charge in [-0.05, 0) is 0 Å². The van der Waals surface area contributed by atoms with Gasteiger partial charge in [0.2, 0.25) is 0 Å². The molecule has 3 heteroatoms. The lowest BCUT2D eigenvalue weighted by Crippen LogP contribution is -1.84. The SMILES string of the molecule is [B]C([B])=S. The van der Waals surface area contributed by atoms with Gasteiger partial charge in [0.15, 0.2) is 0 Å². The van der Waals surface area contributed by atoms with Crippen LogP contribution in [0.2, 0.25) is 0 Å². The summed E-state index contributed by atoms with van der Waals surface area (Å²) in [4.78, 5) is 0. The summed E-state index contributed by atoms with van der Waals surface area (Å²) in [7, 11) is 9.24. The molecule has 0 rings (SSSR count). The maximum absolute atomic E-state index is 4.62. The number of hydrogen-bond acceptors (Lipinski definition) is 1. The average Bonchev–Trinajstić information content (AvgIpc) is 0.811. The molecule has 0 spiro atoms. The molecule has 0 bridgehead atoms. The molecule has 0 unspecified atom stereocenters. The molecule has 0 saturated heterocycles. The fourth-order valence-corrected chi connectivity index (χ4v) is 0. The number of thiocarbonyl (C=S) groups is 1. The maximum Gasteiger partial charge on any atom is 0.108 e. The molecular formula is CB2S. The van der Waals surface area contributed by atoms with Crippen molar-refractivity contribution in [3.63, 3.8) is 0 Å². The highest BCUT2D eigenvalue weighted by Crippen LogP contribution is 1.45. The number of rotatable bonds is 0. The van der Waals surface area contributed by atoms with Crippen LogP contribution in [0.5, 0.6) is 0 Å². The molecule has 0 heterocycles. The van der Waals surface area contributed by atoms with Crippen LogP contribution in [0.25, 0.3) is 0 Å². The molecule has 0 aromatic carbocycles. The molecule has 0 amide bonds. The van der Waals surface area contributed by atoms with E-state index < -0.39 is 0 Å². The van der Waals surface area contributed by atoms with E-state index in [9.17, 15) is 0 Å². The van der Waals surface area contributed by atoms with Crippen molar-refractivity contribution in [2.45, 2.75) is 0 Å². The first-order chi connectivity index (χ1) is 1.73. The van der Waals surface area contributed by atoms with E-state index in [4.69, 9.17) is 0 Å². The molecule has 4 heavy (non-hydrogen) atoms. The molecule has 0 aliphatic carbocycles. The monoisotopic (exact) mass is 66.0 g/mol. The van der Waals surface area contributed by atoms with Gasteiger partial charge in [-0.15, -0.1) is 16.9 Å². The van der Waals surface area contributed by atoms with E-state index in [-0.39, 0.29) is 4.66 Å². The smallest absolute Gasteiger partial charge is 0.108 e. The largest absolute Gasteiger partial charge is 0.114 e. The van der Waals surface area contributed by atoms with Crippen LogP contribution < -0.4 is 0 Å². The average molecular weight is 65.7 g/mol. The first-order valence-electron chi connectivity index (χ1n) is 0.781. The van der Waals surface area contributed by atoms with E-state index in [1.807, 2.05) is 0 Å². The van der Waals surface area contributed by atoms with Crippen LogP contribution >= 0.6 is 12.2 Å². The Labute approximate surface area is 33.4 Å². The lowest BCUT2D eigenvalue weighted by atomic mass is 9.87. The standard InChI is InChI=1S/CB2S/c2-1(3)4. The summed E-state index contributed by atoms with van der Waals surface area (Å²) in [5, 5.41) is 0. The van der Waals surface area contributed by atoms with Crippen molar-refractivity contribution in [2.24, 2.45) is 0 Å². The van der Waals surface area contributed by atoms with Gasteiger partial charge in [-0.3, -0.25) is 0 Å². The summed E-state index contributed by atoms with van der Waals surface area (Å²) >= 11 is 4.09. The molecule has 0 aromatic rings. The van der Waals surface area contributed by atoms with Gasteiger partial charge in [-0.2, -0.15) is 0 Å². The van der Waals surface area contributed by atoms with E-state index in [0.29, 0.717) is 0 Å². The van der Waals surface area contributed by atoms with Crippen molar-refractivity contribution < 1.29 is 0 Å². The Bertz CT molecular complexity index is 29.0. The first-order valence-corrected chi connectivity index (χ1v) is 1.19. The normalized spacial score (nSPS) is 6.00. The lowest BCUT2D eigenvalue weighted by Gasteiger charge is -1.60. The van der Waals surface area contributed by atoms with E-state index in [2.05, 4.69) is 27.9 Å². The lowest BCUT2D eigenvalue weighted by molar-refractivity contribution is 3.83. The molecule has 0 N–H and O–H groups in total. The zero-order valence-corrected chi connectivity index (χ0v) is 2.88. The van der Waals surface area contributed by atoms with E-state index in [1.54, 1.807) is 0 Å². The summed E-state index contributed by atoms with van der Waals surface area (Å²) in [5.41, 5.74) is 0. The Hall–Kier alpha value is 0.220. The van der Waals surface area contributed by atoms with Crippen molar-refractivity contribution in [2.75, 3.05) is 0 Å². The third-order valence-corrected chi connectivity index (χ3v) is 0. The van der Waals surface area contributed by atoms with Gasteiger partial charge in [0, 0.05) is 0 Å². The Morgan fingerprint density at radius 2 is 1.50 bits per heavy atom. The Balaban J connectivity index is 2.80. The van der Waals surface area contributed by atoms with Crippen LogP contribution in [0.3, 0.4) is 0 Å². The zero-order chi connectivity index (χ0) is 3.58. The highest BCUT2D eigenvalue weighted by molar-refractivity contribution is 7.86. The Morgan fingerprint density at radius 3 is 1.50 bits per heavy atom. The molecule has 0 fully saturated rings. The molecule has 0 aliphatic heterocycles. The summed E-state index contributed by atoms with van der Waals surface area (Å²) in [6, 6.07) is 0. The summed E-state index contributed by atoms with van der Waals surface area (Å²) in [5.74, 6) is 0. The highest BCUT2D eigenvalue weighted by Gasteiger charge is 1.57. The van der Waals surface area contributed by atoms with Crippen LogP contribution in [0.4, 0.5) is 0 Å². The zero-order valence-electron chi connectivity index (χ0n) is 2.06. The second-order valence-corrected chi connectivity index (χ2v) is 0.874. The van der Waals surface area contributed by atoms with Crippen LogP contribution in [-0.2, 0) is 0 Å². The van der Waals surface area contributed by atoms with Crippen LogP contribution in [0.15, 0.2) is 0 Å². The van der Waals surface area contributed by atoms with E-state index in [0.717, 1.165) is 0 Å². The first kappa shape index (κ1) is 4.22. The van der Waals surface area contributed by atoms with Crippen molar-refractivity contribution in [3.05, 3.63) is 0 Å². The fraction of sp³-hybridized carbons (Fsp3) is 0. The van der Waals surface area contributed by atoms with Gasteiger partial charge in [0.05, 0.1) is 0 Å². The van der Waals surface area contributed by atoms with Gasteiger partial charge < -0.3 is 0 Å².